The first-order valence-corrected chi connectivity index (χ1v) is 12.3. The lowest BCUT2D eigenvalue weighted by Crippen LogP contribution is -2.30. The lowest BCUT2D eigenvalue weighted by molar-refractivity contribution is 0.274. The molecule has 5 rings (SSSR count). The highest BCUT2D eigenvalue weighted by Gasteiger charge is 2.15. The van der Waals surface area contributed by atoms with Crippen LogP contribution in [0.4, 0.5) is 13.2 Å². The van der Waals surface area contributed by atoms with Crippen molar-refractivity contribution < 1.29 is 22.6 Å². The van der Waals surface area contributed by atoms with Gasteiger partial charge in [0.1, 0.15) is 30.7 Å². The average molecular weight is 509 g/mol. The summed E-state index contributed by atoms with van der Waals surface area (Å²) in [5.74, 6) is -0.317. The number of rotatable bonds is 8. The fourth-order valence-corrected chi connectivity index (χ4v) is 4.15. The zero-order valence-electron chi connectivity index (χ0n) is 20.2. The van der Waals surface area contributed by atoms with Crippen LogP contribution in [0.15, 0.2) is 64.6 Å². The van der Waals surface area contributed by atoms with E-state index in [1.54, 1.807) is 30.3 Å². The van der Waals surface area contributed by atoms with Crippen LogP contribution < -0.4 is 20.1 Å². The Morgan fingerprint density at radius 1 is 0.676 bits per heavy atom. The second-order valence-electron chi connectivity index (χ2n) is 8.78. The first-order valence-electron chi connectivity index (χ1n) is 12.3. The minimum Gasteiger partial charge on any atom is -0.486 e. The number of hydrogen-bond donors (Lipinski definition) is 2. The van der Waals surface area contributed by atoms with Crippen molar-refractivity contribution in [1.82, 2.24) is 10.6 Å². The number of aliphatic imine (C=N–C) groups is 2. The molecule has 2 aliphatic rings. The van der Waals surface area contributed by atoms with Gasteiger partial charge < -0.3 is 20.1 Å². The summed E-state index contributed by atoms with van der Waals surface area (Å²) in [6.45, 7) is 2.65. The van der Waals surface area contributed by atoms with E-state index in [1.807, 2.05) is 0 Å². The normalized spacial score (nSPS) is 15.2. The van der Waals surface area contributed by atoms with Crippen molar-refractivity contribution in [2.24, 2.45) is 9.98 Å². The number of ether oxygens (including phenoxy) is 2. The Labute approximate surface area is 213 Å². The molecule has 0 aromatic heterocycles. The van der Waals surface area contributed by atoms with Crippen LogP contribution >= 0.6 is 0 Å². The minimum atomic E-state index is -0.555. The summed E-state index contributed by atoms with van der Waals surface area (Å²) in [7, 11) is 0. The predicted molar refractivity (Wildman–Crippen MR) is 136 cm³/mol. The van der Waals surface area contributed by atoms with Gasteiger partial charge in [0, 0.05) is 48.4 Å². The maximum atomic E-state index is 15.1. The largest absolute Gasteiger partial charge is 0.486 e. The summed E-state index contributed by atoms with van der Waals surface area (Å²) in [5, 5.41) is 6.30. The van der Waals surface area contributed by atoms with Gasteiger partial charge in [0.25, 0.3) is 0 Å². The Bertz CT molecular complexity index is 1250. The molecular weight excluding hydrogens is 481 g/mol. The highest BCUT2D eigenvalue weighted by Crippen LogP contribution is 2.24. The topological polar surface area (TPSA) is 67.2 Å². The molecule has 0 saturated carbocycles. The van der Waals surface area contributed by atoms with E-state index in [2.05, 4.69) is 20.6 Å². The molecule has 2 N–H and O–H groups in total. The van der Waals surface area contributed by atoms with Gasteiger partial charge >= 0.3 is 0 Å². The molecule has 0 fully saturated rings. The van der Waals surface area contributed by atoms with Crippen LogP contribution in [-0.4, -0.2) is 37.9 Å². The Kier molecular flexibility index (Phi) is 7.58. The summed E-state index contributed by atoms with van der Waals surface area (Å²) in [6.07, 6.45) is 1.88. The molecule has 0 aliphatic carbocycles. The van der Waals surface area contributed by atoms with Crippen molar-refractivity contribution in [3.63, 3.8) is 0 Å². The standard InChI is InChI=1S/C28H27F3N4O2/c29-22-14-18(27-32-10-2-11-33-27)6-8-24(22)36-16-20-4-1-5-21(26(20)31)17-37-25-9-7-19(15-23(25)30)28-34-12-3-13-35-28/h1,4-9,14-15H,2-3,10-13,16-17H2,(H,32,33)(H,34,35). The maximum Gasteiger partial charge on any atom is 0.165 e. The third kappa shape index (κ3) is 5.87. The van der Waals surface area contributed by atoms with Crippen LogP contribution in [0.2, 0.25) is 0 Å². The fraction of sp³-hybridized carbons (Fsp3) is 0.286. The molecule has 0 bridgehead atoms. The van der Waals surface area contributed by atoms with Gasteiger partial charge in [0.05, 0.1) is 0 Å². The Morgan fingerprint density at radius 2 is 1.16 bits per heavy atom. The van der Waals surface area contributed by atoms with E-state index >= 15 is 4.39 Å². The second-order valence-corrected chi connectivity index (χ2v) is 8.78. The SMILES string of the molecule is Fc1cc(C2=NCCCN2)ccc1OCc1cccc(COc2ccc(C3=NCCCN3)cc2F)c1F. The van der Waals surface area contributed by atoms with Gasteiger partial charge in [-0.3, -0.25) is 9.98 Å². The van der Waals surface area contributed by atoms with Crippen molar-refractivity contribution in [2.75, 3.05) is 26.2 Å². The molecule has 2 heterocycles. The Hall–Kier alpha value is -4.01. The van der Waals surface area contributed by atoms with E-state index in [0.29, 0.717) is 35.9 Å². The molecule has 0 spiro atoms. The number of amidine groups is 2. The van der Waals surface area contributed by atoms with Gasteiger partial charge in [-0.25, -0.2) is 13.2 Å². The van der Waals surface area contributed by atoms with Crippen LogP contribution in [-0.2, 0) is 13.2 Å². The molecule has 0 atom stereocenters. The van der Waals surface area contributed by atoms with Crippen LogP contribution in [0.3, 0.4) is 0 Å². The molecule has 0 unspecified atom stereocenters. The minimum absolute atomic E-state index is 0.0143. The molecule has 0 amide bonds. The van der Waals surface area contributed by atoms with Crippen LogP contribution in [0.25, 0.3) is 0 Å². The first-order chi connectivity index (χ1) is 18.1. The second kappa shape index (κ2) is 11.4. The highest BCUT2D eigenvalue weighted by molar-refractivity contribution is 5.99. The van der Waals surface area contributed by atoms with Gasteiger partial charge in [-0.05, 0) is 49.2 Å². The predicted octanol–water partition coefficient (Wildman–Crippen LogP) is 4.74. The molecule has 3 aromatic carbocycles. The lowest BCUT2D eigenvalue weighted by Gasteiger charge is -2.16. The van der Waals surface area contributed by atoms with E-state index in [4.69, 9.17) is 9.47 Å². The number of benzene rings is 3. The summed E-state index contributed by atoms with van der Waals surface area (Å²) in [5.41, 5.74) is 1.75. The number of nitrogens with one attached hydrogen (secondary N) is 2. The monoisotopic (exact) mass is 508 g/mol. The smallest absolute Gasteiger partial charge is 0.165 e. The third-order valence-electron chi connectivity index (χ3n) is 6.13. The fourth-order valence-electron chi connectivity index (χ4n) is 4.15. The van der Waals surface area contributed by atoms with Crippen molar-refractivity contribution in [3.8, 4) is 11.5 Å². The quantitative estimate of drug-likeness (QED) is 0.461. The van der Waals surface area contributed by atoms with E-state index in [0.717, 1.165) is 25.9 Å². The maximum absolute atomic E-state index is 15.1. The number of hydrogen-bond acceptors (Lipinski definition) is 6. The van der Waals surface area contributed by atoms with Crippen molar-refractivity contribution >= 4 is 11.7 Å². The Balaban J connectivity index is 1.22. The zero-order valence-corrected chi connectivity index (χ0v) is 20.2. The van der Waals surface area contributed by atoms with Crippen molar-refractivity contribution in [3.05, 3.63) is 94.3 Å². The van der Waals surface area contributed by atoms with E-state index < -0.39 is 17.5 Å². The van der Waals surface area contributed by atoms with E-state index in [9.17, 15) is 8.78 Å². The summed E-state index contributed by atoms with van der Waals surface area (Å²) < 4.78 is 55.4. The molecular formula is C28H27F3N4O2. The number of halogens is 3. The molecule has 2 aliphatic heterocycles. The molecule has 0 saturated heterocycles. The zero-order chi connectivity index (χ0) is 25.6. The molecule has 0 radical (unpaired) electrons. The molecule has 37 heavy (non-hydrogen) atoms. The van der Waals surface area contributed by atoms with E-state index in [1.165, 1.54) is 24.3 Å². The van der Waals surface area contributed by atoms with Gasteiger partial charge in [-0.15, -0.1) is 0 Å². The van der Waals surface area contributed by atoms with Gasteiger partial charge in [0.15, 0.2) is 23.1 Å². The average Bonchev–Trinajstić information content (AvgIpc) is 2.94. The highest BCUT2D eigenvalue weighted by atomic mass is 19.1. The van der Waals surface area contributed by atoms with Crippen LogP contribution in [0.1, 0.15) is 35.1 Å². The molecule has 192 valence electrons. The third-order valence-corrected chi connectivity index (χ3v) is 6.13. The summed E-state index contributed by atoms with van der Waals surface area (Å²) >= 11 is 0. The van der Waals surface area contributed by atoms with Crippen LogP contribution in [0.5, 0.6) is 11.5 Å². The van der Waals surface area contributed by atoms with Crippen molar-refractivity contribution in [2.45, 2.75) is 26.1 Å². The first kappa shape index (κ1) is 24.7. The van der Waals surface area contributed by atoms with Gasteiger partial charge in [-0.2, -0.15) is 0 Å². The van der Waals surface area contributed by atoms with Gasteiger partial charge in [-0.1, -0.05) is 18.2 Å². The molecule has 3 aromatic rings. The Morgan fingerprint density at radius 3 is 1.57 bits per heavy atom. The van der Waals surface area contributed by atoms with Gasteiger partial charge in [0.2, 0.25) is 0 Å². The molecule has 6 nitrogen and oxygen atoms in total. The number of nitrogens with zero attached hydrogens (tertiary/aromatic N) is 2. The lowest BCUT2D eigenvalue weighted by atomic mass is 10.1. The molecule has 9 heteroatoms. The summed E-state index contributed by atoms with van der Waals surface area (Å²) in [4.78, 5) is 8.72. The van der Waals surface area contributed by atoms with Crippen molar-refractivity contribution in [1.29, 1.82) is 0 Å². The summed E-state index contributed by atoms with van der Waals surface area (Å²) in [6, 6.07) is 13.9. The van der Waals surface area contributed by atoms with Crippen LogP contribution in [0, 0.1) is 17.5 Å². The van der Waals surface area contributed by atoms with E-state index in [-0.39, 0.29) is 35.8 Å².